The first-order valence-corrected chi connectivity index (χ1v) is 41.8. The number of thiazole rings is 3. The Balaban J connectivity index is 0.606. The summed E-state index contributed by atoms with van der Waals surface area (Å²) in [7, 11) is 0. The molecule has 2 aliphatic heterocycles. The van der Waals surface area contributed by atoms with Crippen molar-refractivity contribution in [2.24, 2.45) is 23.7 Å². The van der Waals surface area contributed by atoms with Crippen LogP contribution in [0.3, 0.4) is 0 Å². The largest absolute Gasteiger partial charge is 0.396 e. The molecule has 13 unspecified atom stereocenters. The van der Waals surface area contributed by atoms with Crippen LogP contribution in [0.4, 0.5) is 35.3 Å². The maximum Gasteiger partial charge on any atom is 0.225 e. The summed E-state index contributed by atoms with van der Waals surface area (Å²) >= 11 is 4.76. The lowest BCUT2D eigenvalue weighted by Gasteiger charge is -2.36. The molecule has 9 heterocycles. The lowest BCUT2D eigenvalue weighted by atomic mass is 9.80. The zero-order valence-corrected chi connectivity index (χ0v) is 66.7. The molecule has 8 fully saturated rings. The molecule has 8 aliphatic rings. The number of anilines is 6. The number of aliphatic hydroxyl groups is 3. The van der Waals surface area contributed by atoms with Gasteiger partial charge in [0.05, 0.1) is 89.2 Å². The summed E-state index contributed by atoms with van der Waals surface area (Å²) in [5.74, 6) is 2.10. The Labute approximate surface area is 665 Å². The molecule has 13 atom stereocenters. The number of hydrogen-bond acceptors (Lipinski definition) is 27. The zero-order valence-electron chi connectivity index (χ0n) is 64.2. The molecule has 7 aromatic heterocycles. The van der Waals surface area contributed by atoms with E-state index in [1.807, 2.05) is 90.9 Å². The van der Waals surface area contributed by atoms with Gasteiger partial charge >= 0.3 is 0 Å². The molecule has 0 radical (unpaired) electrons. The van der Waals surface area contributed by atoms with Gasteiger partial charge in [0.15, 0.2) is 22.9 Å². The molecule has 24 nitrogen and oxygen atoms in total. The number of nitrogens with one attached hydrogen (secondary N) is 6. The van der Waals surface area contributed by atoms with E-state index < -0.39 is 52.4 Å². The van der Waals surface area contributed by atoms with Gasteiger partial charge in [0.1, 0.15) is 55.6 Å². The SMILES string of the molecule is C=Cc1ccc(CNc2nc(C)c(-c3nc4ccccc4s3)c(NC34CCC5C(O)C53OC(C)(Cc3cccc5sc(-c6c(C)nc(NCc7ccc(C8CC8)cc7)nc6NC6(C)CCC(CO)C6Cc6ccc7sc(-c8c(C)nc(NCc9cc(C)on9)nc8NC8CC9C(O)C9%10OC(C)(C)OC8%10)nc7c6)nc35)O4)n2)cc1. The van der Waals surface area contributed by atoms with E-state index >= 15 is 0 Å². The number of ether oxygens (including phenoxy) is 4. The van der Waals surface area contributed by atoms with Crippen molar-refractivity contribution in [2.75, 3.05) is 38.5 Å². The molecule has 27 heteroatoms. The summed E-state index contributed by atoms with van der Waals surface area (Å²) in [6, 6.07) is 39.7. The van der Waals surface area contributed by atoms with Gasteiger partial charge in [0, 0.05) is 49.6 Å². The molecule has 6 saturated carbocycles. The van der Waals surface area contributed by atoms with Crippen molar-refractivity contribution >= 4 is 106 Å². The molecule has 6 aliphatic carbocycles. The van der Waals surface area contributed by atoms with Crippen LogP contribution in [0, 0.1) is 51.4 Å². The summed E-state index contributed by atoms with van der Waals surface area (Å²) in [5, 5.41) is 63.4. The first-order valence-electron chi connectivity index (χ1n) is 39.4. The van der Waals surface area contributed by atoms with E-state index in [4.69, 9.17) is 68.3 Å². The molecule has 580 valence electrons. The third-order valence-corrected chi connectivity index (χ3v) is 28.2. The summed E-state index contributed by atoms with van der Waals surface area (Å²) in [4.78, 5) is 47.2. The van der Waals surface area contributed by atoms with E-state index in [-0.39, 0.29) is 36.3 Å². The minimum Gasteiger partial charge on any atom is -0.396 e. The summed E-state index contributed by atoms with van der Waals surface area (Å²) in [6.45, 7) is 21.2. The topological polar surface area (TPSA) is 312 Å². The van der Waals surface area contributed by atoms with Gasteiger partial charge in [-0.2, -0.15) is 15.0 Å². The van der Waals surface area contributed by atoms with Crippen molar-refractivity contribution in [2.45, 2.75) is 197 Å². The summed E-state index contributed by atoms with van der Waals surface area (Å²) in [5.41, 5.74) is 10.8. The average Bonchev–Trinajstić information content (AvgIpc) is 1.47. The summed E-state index contributed by atoms with van der Waals surface area (Å²) < 4.78 is 36.2. The summed E-state index contributed by atoms with van der Waals surface area (Å²) in [6.07, 6.45) is 6.93. The monoisotopic (exact) mass is 1570 g/mol. The highest BCUT2D eigenvalue weighted by molar-refractivity contribution is 7.22. The Bertz CT molecular complexity index is 5740. The Hall–Kier alpha value is -9.52. The van der Waals surface area contributed by atoms with Crippen LogP contribution < -0.4 is 31.9 Å². The fourth-order valence-corrected chi connectivity index (χ4v) is 22.5. The van der Waals surface area contributed by atoms with E-state index in [1.165, 1.54) is 18.4 Å². The van der Waals surface area contributed by atoms with Crippen LogP contribution in [0.25, 0.3) is 68.4 Å². The second-order valence-corrected chi connectivity index (χ2v) is 36.3. The number of rotatable bonds is 25. The van der Waals surface area contributed by atoms with Crippen LogP contribution in [0.1, 0.15) is 140 Å². The van der Waals surface area contributed by atoms with Crippen molar-refractivity contribution in [1.82, 2.24) is 50.0 Å². The minimum absolute atomic E-state index is 0.0181. The van der Waals surface area contributed by atoms with Crippen molar-refractivity contribution in [3.63, 3.8) is 0 Å². The Kier molecular flexibility index (Phi) is 17.3. The molecule has 12 aromatic rings. The van der Waals surface area contributed by atoms with Gasteiger partial charge in [-0.05, 0) is 188 Å². The smallest absolute Gasteiger partial charge is 0.225 e. The maximum absolute atomic E-state index is 12.2. The van der Waals surface area contributed by atoms with Gasteiger partial charge in [-0.3, -0.25) is 0 Å². The number of aromatic nitrogens is 10. The van der Waals surface area contributed by atoms with E-state index in [0.717, 1.165) is 126 Å². The number of aliphatic hydroxyl groups excluding tert-OH is 3. The van der Waals surface area contributed by atoms with Crippen LogP contribution in [-0.4, -0.2) is 130 Å². The molecular weight excluding hydrogens is 1480 g/mol. The highest BCUT2D eigenvalue weighted by atomic mass is 32.1. The fourth-order valence-electron chi connectivity index (χ4n) is 19.3. The first-order chi connectivity index (χ1) is 54.5. The Morgan fingerprint density at radius 1 is 0.584 bits per heavy atom. The maximum atomic E-state index is 12.2. The van der Waals surface area contributed by atoms with Gasteiger partial charge in [-0.25, -0.2) is 29.9 Å². The number of para-hydroxylation sites is 2. The van der Waals surface area contributed by atoms with Gasteiger partial charge < -0.3 is 70.7 Å². The molecule has 2 spiro atoms. The van der Waals surface area contributed by atoms with Gasteiger partial charge in [-0.15, -0.1) is 34.0 Å². The van der Waals surface area contributed by atoms with Crippen LogP contribution in [0.5, 0.6) is 0 Å². The predicted molar refractivity (Wildman–Crippen MR) is 440 cm³/mol. The zero-order chi connectivity index (χ0) is 77.2. The predicted octanol–water partition coefficient (Wildman–Crippen LogP) is 15.6. The second-order valence-electron chi connectivity index (χ2n) is 33.2. The fraction of sp³-hybridized carbons (Fsp3) is 0.419. The van der Waals surface area contributed by atoms with Crippen LogP contribution >= 0.6 is 34.0 Å². The van der Waals surface area contributed by atoms with Crippen LogP contribution in [0.15, 0.2) is 126 Å². The molecule has 2 saturated heterocycles. The van der Waals surface area contributed by atoms with E-state index in [1.54, 1.807) is 34.0 Å². The van der Waals surface area contributed by atoms with Gasteiger partial charge in [0.25, 0.3) is 0 Å². The van der Waals surface area contributed by atoms with E-state index in [2.05, 4.69) is 129 Å². The van der Waals surface area contributed by atoms with Crippen LogP contribution in [0.2, 0.25) is 0 Å². The quantitative estimate of drug-likeness (QED) is 0.0257. The highest BCUT2D eigenvalue weighted by Gasteiger charge is 2.86. The molecule has 20 rings (SSSR count). The number of aryl methyl sites for hydroxylation is 4. The lowest BCUT2D eigenvalue weighted by Crippen LogP contribution is -2.50. The molecular formula is C86H90N16O8S3. The molecule has 113 heavy (non-hydrogen) atoms. The Morgan fingerprint density at radius 2 is 1.21 bits per heavy atom. The number of hydrogen-bond donors (Lipinski definition) is 9. The van der Waals surface area contributed by atoms with Gasteiger partial charge in [0.2, 0.25) is 17.8 Å². The number of benzene rings is 5. The van der Waals surface area contributed by atoms with Crippen molar-refractivity contribution < 1.29 is 38.8 Å². The van der Waals surface area contributed by atoms with Crippen molar-refractivity contribution in [1.29, 1.82) is 0 Å². The normalized spacial score (nSPS) is 28.2. The van der Waals surface area contributed by atoms with Crippen molar-refractivity contribution in [3.05, 3.63) is 184 Å². The molecule has 0 amide bonds. The number of fused-ring (bicyclic) bond motifs is 3. The standard InChI is InChI=1S/C86H90N16O8S3/c1-10-47-18-20-48(21-19-47)39-87-79-92-46(5)67(76-94-59-15-11-12-16-62(59)111-76)74(99-79)101-84-33-31-56-70(105)86(56,84)110-83(9,109-84)38-53-14-13-17-64-68(53)96-77(113-64)66-45(4)91-78(88-40-49-22-25-51(26-23-49)52-27-28-52)98-73(66)100-82(8)32-30-54(42-103)57(82)35-50-24-29-63-60(36-50)95-75(112-63)65-44(3)90-80(89-41-55-34-43(2)107-102-55)97-72(65)93-61-37-58-69(104)85(58)71(61)106-81(6,7)108-85/h10-26,29,34,36,52,54,56-58,61,69-71,103-105H,1,27-28,30-33,35,37-42H2,2-9H3,(H2,87,92,99,101)(H2,88,91,98,100)(H2,89,90,93,97). The van der Waals surface area contributed by atoms with Crippen LogP contribution in [-0.2, 0) is 51.4 Å². The van der Waals surface area contributed by atoms with E-state index in [9.17, 15) is 15.3 Å². The third-order valence-electron chi connectivity index (χ3n) is 25.0. The van der Waals surface area contributed by atoms with Crippen molar-refractivity contribution in [3.8, 4) is 31.7 Å². The highest BCUT2D eigenvalue weighted by Crippen LogP contribution is 2.71. The Morgan fingerprint density at radius 3 is 1.88 bits per heavy atom. The molecule has 5 aromatic carbocycles. The van der Waals surface area contributed by atoms with E-state index in [0.29, 0.717) is 98.7 Å². The molecule has 0 bridgehead atoms. The lowest BCUT2D eigenvalue weighted by molar-refractivity contribution is -0.178. The van der Waals surface area contributed by atoms with Gasteiger partial charge in [-0.1, -0.05) is 96.7 Å². The third kappa shape index (κ3) is 12.6. The number of nitrogens with zero attached hydrogens (tertiary/aromatic N) is 10. The second kappa shape index (κ2) is 27.1. The first kappa shape index (κ1) is 72.4. The average molecular weight is 1570 g/mol. The molecule has 9 N–H and O–H groups in total. The minimum atomic E-state index is -1.24.